The lowest BCUT2D eigenvalue weighted by Gasteiger charge is -2.19. The molecule has 76 valence electrons. The Morgan fingerprint density at radius 3 is 2.31 bits per heavy atom. The summed E-state index contributed by atoms with van der Waals surface area (Å²) in [6.07, 6.45) is 7.17. The van der Waals surface area contributed by atoms with Crippen molar-refractivity contribution in [1.29, 1.82) is 0 Å². The summed E-state index contributed by atoms with van der Waals surface area (Å²) in [7, 11) is 0. The lowest BCUT2D eigenvalue weighted by molar-refractivity contribution is -0.0518. The van der Waals surface area contributed by atoms with Gasteiger partial charge in [0, 0.05) is 0 Å². The number of hydrogen-bond acceptors (Lipinski definition) is 2. The van der Waals surface area contributed by atoms with Crippen LogP contribution in [0.1, 0.15) is 38.5 Å². The molecule has 0 saturated heterocycles. The zero-order valence-corrected chi connectivity index (χ0v) is 7.91. The Balaban J connectivity index is 2.29. The van der Waals surface area contributed by atoms with Gasteiger partial charge >= 0.3 is 6.03 Å². The van der Waals surface area contributed by atoms with Gasteiger partial charge in [0.25, 0.3) is 0 Å². The van der Waals surface area contributed by atoms with E-state index in [9.17, 15) is 4.79 Å². The van der Waals surface area contributed by atoms with Crippen molar-refractivity contribution >= 4 is 6.03 Å². The van der Waals surface area contributed by atoms with Gasteiger partial charge in [-0.2, -0.15) is 0 Å². The maximum absolute atomic E-state index is 10.6. The van der Waals surface area contributed by atoms with E-state index >= 15 is 0 Å². The van der Waals surface area contributed by atoms with Crippen molar-refractivity contribution in [2.24, 2.45) is 11.7 Å². The van der Waals surface area contributed by atoms with Crippen molar-refractivity contribution in [3.05, 3.63) is 0 Å². The Morgan fingerprint density at radius 1 is 1.31 bits per heavy atom. The van der Waals surface area contributed by atoms with Crippen LogP contribution in [0.25, 0.3) is 0 Å². The van der Waals surface area contributed by atoms with Crippen LogP contribution in [0.2, 0.25) is 0 Å². The Labute approximate surface area is 78.7 Å². The number of carbonyl (C=O) groups is 1. The van der Waals surface area contributed by atoms with Crippen molar-refractivity contribution in [2.45, 2.75) is 38.5 Å². The van der Waals surface area contributed by atoms with Crippen molar-refractivity contribution < 1.29 is 10.0 Å². The molecule has 0 atom stereocenters. The summed E-state index contributed by atoms with van der Waals surface area (Å²) in [5.74, 6) is 0.431. The summed E-state index contributed by atoms with van der Waals surface area (Å²) >= 11 is 0. The third-order valence-corrected chi connectivity index (χ3v) is 2.66. The molecule has 0 unspecified atom stereocenters. The summed E-state index contributed by atoms with van der Waals surface area (Å²) in [5.41, 5.74) is 4.93. The molecule has 1 aliphatic rings. The van der Waals surface area contributed by atoms with Crippen molar-refractivity contribution in [3.8, 4) is 0 Å². The normalized spacial score (nSPS) is 19.5. The van der Waals surface area contributed by atoms with E-state index in [1.165, 1.54) is 25.7 Å². The number of rotatable bonds is 2. The van der Waals surface area contributed by atoms with E-state index in [1.54, 1.807) is 0 Å². The molecule has 0 aromatic heterocycles. The molecule has 0 bridgehead atoms. The van der Waals surface area contributed by atoms with Crippen LogP contribution in [0.5, 0.6) is 0 Å². The first-order chi connectivity index (χ1) is 6.20. The Morgan fingerprint density at radius 2 is 1.85 bits per heavy atom. The summed E-state index contributed by atoms with van der Waals surface area (Å²) in [6.45, 7) is 0.398. The minimum Gasteiger partial charge on any atom is -0.350 e. The second kappa shape index (κ2) is 5.07. The summed E-state index contributed by atoms with van der Waals surface area (Å²) < 4.78 is 0. The van der Waals surface area contributed by atoms with Gasteiger partial charge in [0.1, 0.15) is 0 Å². The quantitative estimate of drug-likeness (QED) is 0.392. The standard InChI is InChI=1S/C9H18N2O2/c10-9(12)11(13)7-8-5-3-1-2-4-6-8/h8,13H,1-7H2,(H2,10,12). The van der Waals surface area contributed by atoms with Crippen LogP contribution in [0, 0.1) is 5.92 Å². The van der Waals surface area contributed by atoms with Crippen molar-refractivity contribution in [3.63, 3.8) is 0 Å². The molecule has 0 aromatic carbocycles. The maximum Gasteiger partial charge on any atom is 0.338 e. The highest BCUT2D eigenvalue weighted by Gasteiger charge is 2.16. The first-order valence-electron chi connectivity index (χ1n) is 4.96. The average Bonchev–Trinajstić information content (AvgIpc) is 2.32. The van der Waals surface area contributed by atoms with Crippen molar-refractivity contribution in [1.82, 2.24) is 5.06 Å². The molecule has 0 spiro atoms. The summed E-state index contributed by atoms with van der Waals surface area (Å²) in [5, 5.41) is 9.76. The van der Waals surface area contributed by atoms with Crippen LogP contribution >= 0.6 is 0 Å². The van der Waals surface area contributed by atoms with Crippen LogP contribution < -0.4 is 5.73 Å². The maximum atomic E-state index is 10.6. The Bertz CT molecular complexity index is 165. The third kappa shape index (κ3) is 3.63. The number of amides is 2. The molecule has 4 heteroatoms. The fourth-order valence-corrected chi connectivity index (χ4v) is 1.88. The Hall–Kier alpha value is -0.770. The van der Waals surface area contributed by atoms with E-state index in [1.807, 2.05) is 0 Å². The molecule has 0 heterocycles. The zero-order valence-electron chi connectivity index (χ0n) is 7.91. The van der Waals surface area contributed by atoms with Gasteiger partial charge in [-0.1, -0.05) is 25.7 Å². The molecule has 2 amide bonds. The average molecular weight is 186 g/mol. The van der Waals surface area contributed by atoms with Gasteiger partial charge in [-0.15, -0.1) is 0 Å². The molecule has 1 fully saturated rings. The van der Waals surface area contributed by atoms with Gasteiger partial charge in [0.2, 0.25) is 0 Å². The van der Waals surface area contributed by atoms with E-state index in [-0.39, 0.29) is 0 Å². The second-order valence-corrected chi connectivity index (χ2v) is 3.78. The minimum atomic E-state index is -0.746. The van der Waals surface area contributed by atoms with Gasteiger partial charge in [-0.3, -0.25) is 5.21 Å². The SMILES string of the molecule is NC(=O)N(O)CC1CCCCCC1. The molecule has 4 nitrogen and oxygen atoms in total. The van der Waals surface area contributed by atoms with Gasteiger partial charge in [0.15, 0.2) is 0 Å². The monoisotopic (exact) mass is 186 g/mol. The van der Waals surface area contributed by atoms with E-state index in [2.05, 4.69) is 0 Å². The third-order valence-electron chi connectivity index (χ3n) is 2.66. The highest BCUT2D eigenvalue weighted by molar-refractivity contribution is 5.70. The molecule has 1 aliphatic carbocycles. The molecule has 0 aliphatic heterocycles. The predicted octanol–water partition coefficient (Wildman–Crippen LogP) is 1.73. The first kappa shape index (κ1) is 10.3. The van der Waals surface area contributed by atoms with Crippen LogP contribution in [0.3, 0.4) is 0 Å². The van der Waals surface area contributed by atoms with Gasteiger partial charge in [-0.25, -0.2) is 9.86 Å². The molecule has 0 aromatic rings. The van der Waals surface area contributed by atoms with E-state index < -0.39 is 6.03 Å². The van der Waals surface area contributed by atoms with Crippen LogP contribution in [-0.2, 0) is 0 Å². The predicted molar refractivity (Wildman–Crippen MR) is 49.3 cm³/mol. The largest absolute Gasteiger partial charge is 0.350 e. The van der Waals surface area contributed by atoms with E-state index in [0.29, 0.717) is 17.5 Å². The number of carbonyl (C=O) groups excluding carboxylic acids is 1. The molecular formula is C9H18N2O2. The topological polar surface area (TPSA) is 66.6 Å². The van der Waals surface area contributed by atoms with Gasteiger partial charge in [0.05, 0.1) is 6.54 Å². The molecule has 13 heavy (non-hydrogen) atoms. The zero-order chi connectivity index (χ0) is 9.68. The number of hydroxylamine groups is 2. The molecule has 0 radical (unpaired) electrons. The fourth-order valence-electron chi connectivity index (χ4n) is 1.88. The Kier molecular flexibility index (Phi) is 4.02. The molecular weight excluding hydrogens is 168 g/mol. The van der Waals surface area contributed by atoms with Gasteiger partial charge < -0.3 is 5.73 Å². The number of primary amides is 1. The number of hydrogen-bond donors (Lipinski definition) is 2. The van der Waals surface area contributed by atoms with Crippen LogP contribution in [0.15, 0.2) is 0 Å². The molecule has 1 rings (SSSR count). The molecule has 3 N–H and O–H groups in total. The summed E-state index contributed by atoms with van der Waals surface area (Å²) in [6, 6.07) is -0.746. The van der Waals surface area contributed by atoms with Crippen molar-refractivity contribution in [2.75, 3.05) is 6.54 Å². The first-order valence-corrected chi connectivity index (χ1v) is 4.96. The molecule has 1 saturated carbocycles. The van der Waals surface area contributed by atoms with E-state index in [4.69, 9.17) is 10.9 Å². The minimum absolute atomic E-state index is 0.398. The number of nitrogens with zero attached hydrogens (tertiary/aromatic N) is 1. The highest BCUT2D eigenvalue weighted by Crippen LogP contribution is 2.23. The number of urea groups is 1. The van der Waals surface area contributed by atoms with Crippen LogP contribution in [0.4, 0.5) is 4.79 Å². The fraction of sp³-hybridized carbons (Fsp3) is 0.889. The summed E-state index contributed by atoms with van der Waals surface area (Å²) in [4.78, 5) is 10.6. The lowest BCUT2D eigenvalue weighted by atomic mass is 10.0. The highest BCUT2D eigenvalue weighted by atomic mass is 16.5. The van der Waals surface area contributed by atoms with Gasteiger partial charge in [-0.05, 0) is 18.8 Å². The second-order valence-electron chi connectivity index (χ2n) is 3.78. The smallest absolute Gasteiger partial charge is 0.338 e. The number of nitrogens with two attached hydrogens (primary N) is 1. The van der Waals surface area contributed by atoms with Crippen LogP contribution in [-0.4, -0.2) is 22.8 Å². The van der Waals surface area contributed by atoms with E-state index in [0.717, 1.165) is 12.8 Å². The lowest BCUT2D eigenvalue weighted by Crippen LogP contribution is -2.36.